The summed E-state index contributed by atoms with van der Waals surface area (Å²) in [5.74, 6) is -0.0150. The van der Waals surface area contributed by atoms with Crippen molar-refractivity contribution in [2.45, 2.75) is 0 Å². The third-order valence-electron chi connectivity index (χ3n) is 1.59. The standard InChI is InChI=1S/C9H4Cl2OS2/c10-7-3-1-5(13-7)9(12)6-2-4-8(11)14-6/h1-4H. The summed E-state index contributed by atoms with van der Waals surface area (Å²) in [6.45, 7) is 0. The first kappa shape index (κ1) is 10.2. The van der Waals surface area contributed by atoms with Gasteiger partial charge in [0.2, 0.25) is 5.78 Å². The Labute approximate surface area is 98.9 Å². The summed E-state index contributed by atoms with van der Waals surface area (Å²) in [4.78, 5) is 13.1. The second-order valence-corrected chi connectivity index (χ2v) is 5.97. The molecule has 0 radical (unpaired) electrons. The average molecular weight is 263 g/mol. The van der Waals surface area contributed by atoms with Crippen LogP contribution in [0, 0.1) is 0 Å². The van der Waals surface area contributed by atoms with E-state index < -0.39 is 0 Å². The molecule has 2 aromatic rings. The van der Waals surface area contributed by atoms with Gasteiger partial charge in [-0.2, -0.15) is 0 Å². The molecular formula is C9H4Cl2OS2. The molecule has 0 aliphatic rings. The molecule has 0 aromatic carbocycles. The zero-order chi connectivity index (χ0) is 10.1. The maximum atomic E-state index is 11.8. The number of hydrogen-bond donors (Lipinski definition) is 0. The summed E-state index contributed by atoms with van der Waals surface area (Å²) in [5.41, 5.74) is 0. The quantitative estimate of drug-likeness (QED) is 0.736. The lowest BCUT2D eigenvalue weighted by Crippen LogP contribution is -1.93. The van der Waals surface area contributed by atoms with Crippen molar-refractivity contribution in [1.29, 1.82) is 0 Å². The van der Waals surface area contributed by atoms with Crippen molar-refractivity contribution in [3.8, 4) is 0 Å². The van der Waals surface area contributed by atoms with Crippen molar-refractivity contribution < 1.29 is 4.79 Å². The molecule has 72 valence electrons. The molecule has 0 aliphatic heterocycles. The van der Waals surface area contributed by atoms with Crippen molar-refractivity contribution in [1.82, 2.24) is 0 Å². The van der Waals surface area contributed by atoms with E-state index in [2.05, 4.69) is 0 Å². The van der Waals surface area contributed by atoms with Gasteiger partial charge in [-0.05, 0) is 24.3 Å². The van der Waals surface area contributed by atoms with Gasteiger partial charge >= 0.3 is 0 Å². The van der Waals surface area contributed by atoms with Gasteiger partial charge in [0, 0.05) is 0 Å². The molecule has 0 aliphatic carbocycles. The summed E-state index contributed by atoms with van der Waals surface area (Å²) >= 11 is 14.0. The van der Waals surface area contributed by atoms with Gasteiger partial charge in [-0.1, -0.05) is 23.2 Å². The third-order valence-corrected chi connectivity index (χ3v) is 4.05. The zero-order valence-electron chi connectivity index (χ0n) is 6.79. The molecule has 1 nitrogen and oxygen atoms in total. The highest BCUT2D eigenvalue weighted by Crippen LogP contribution is 2.28. The molecule has 2 rings (SSSR count). The Morgan fingerprint density at radius 3 is 1.64 bits per heavy atom. The van der Waals surface area contributed by atoms with E-state index in [1.807, 2.05) is 0 Å². The summed E-state index contributed by atoms with van der Waals surface area (Å²) in [7, 11) is 0. The first-order chi connectivity index (χ1) is 6.66. The highest BCUT2D eigenvalue weighted by Gasteiger charge is 2.13. The van der Waals surface area contributed by atoms with Gasteiger partial charge in [0.25, 0.3) is 0 Å². The van der Waals surface area contributed by atoms with Gasteiger partial charge in [-0.3, -0.25) is 4.79 Å². The SMILES string of the molecule is O=C(c1ccc(Cl)s1)c1ccc(Cl)s1. The minimum absolute atomic E-state index is 0.0150. The summed E-state index contributed by atoms with van der Waals surface area (Å²) < 4.78 is 1.24. The van der Waals surface area contributed by atoms with Crippen LogP contribution in [0.15, 0.2) is 24.3 Å². The molecule has 0 atom stereocenters. The van der Waals surface area contributed by atoms with E-state index in [9.17, 15) is 4.79 Å². The molecule has 0 bridgehead atoms. The highest BCUT2D eigenvalue weighted by molar-refractivity contribution is 7.21. The van der Waals surface area contributed by atoms with Crippen LogP contribution >= 0.6 is 45.9 Å². The maximum Gasteiger partial charge on any atom is 0.212 e. The number of rotatable bonds is 2. The van der Waals surface area contributed by atoms with E-state index >= 15 is 0 Å². The first-order valence-electron chi connectivity index (χ1n) is 3.72. The van der Waals surface area contributed by atoms with Crippen molar-refractivity contribution in [2.24, 2.45) is 0 Å². The summed E-state index contributed by atoms with van der Waals surface area (Å²) in [5, 5.41) is 0. The molecule has 0 amide bonds. The number of carbonyl (C=O) groups is 1. The van der Waals surface area contributed by atoms with Crippen LogP contribution in [0.2, 0.25) is 8.67 Å². The van der Waals surface area contributed by atoms with Crippen LogP contribution in [-0.2, 0) is 0 Å². The third kappa shape index (κ3) is 2.01. The molecule has 2 aromatic heterocycles. The monoisotopic (exact) mass is 262 g/mol. The average Bonchev–Trinajstić information content (AvgIpc) is 2.73. The molecule has 0 saturated carbocycles. The number of hydrogen-bond acceptors (Lipinski definition) is 3. The molecule has 0 saturated heterocycles. The molecular weight excluding hydrogens is 259 g/mol. The second kappa shape index (κ2) is 4.03. The molecule has 0 unspecified atom stereocenters. The van der Waals surface area contributed by atoms with Crippen molar-refractivity contribution in [3.05, 3.63) is 42.7 Å². The number of ketones is 1. The fourth-order valence-electron chi connectivity index (χ4n) is 0.994. The van der Waals surface area contributed by atoms with Crippen LogP contribution in [-0.4, -0.2) is 5.78 Å². The van der Waals surface area contributed by atoms with Crippen LogP contribution in [0.3, 0.4) is 0 Å². The Hall–Kier alpha value is -0.350. The number of carbonyl (C=O) groups excluding carboxylic acids is 1. The van der Waals surface area contributed by atoms with Gasteiger partial charge < -0.3 is 0 Å². The van der Waals surface area contributed by atoms with E-state index in [4.69, 9.17) is 23.2 Å². The molecule has 14 heavy (non-hydrogen) atoms. The van der Waals surface area contributed by atoms with Crippen molar-refractivity contribution in [3.63, 3.8) is 0 Å². The molecule has 0 spiro atoms. The Balaban J connectivity index is 2.33. The van der Waals surface area contributed by atoms with Crippen molar-refractivity contribution in [2.75, 3.05) is 0 Å². The number of halogens is 2. The second-order valence-electron chi connectivity index (χ2n) is 2.54. The van der Waals surface area contributed by atoms with Crippen molar-refractivity contribution >= 4 is 51.7 Å². The van der Waals surface area contributed by atoms with E-state index in [1.54, 1.807) is 24.3 Å². The first-order valence-corrected chi connectivity index (χ1v) is 6.11. The van der Waals surface area contributed by atoms with Crippen LogP contribution < -0.4 is 0 Å². The maximum absolute atomic E-state index is 11.8. The van der Waals surface area contributed by atoms with Crippen LogP contribution in [0.5, 0.6) is 0 Å². The smallest absolute Gasteiger partial charge is 0.212 e. The van der Waals surface area contributed by atoms with E-state index in [1.165, 1.54) is 22.7 Å². The van der Waals surface area contributed by atoms with Crippen LogP contribution in [0.25, 0.3) is 0 Å². The minimum Gasteiger partial charge on any atom is -0.287 e. The fraction of sp³-hybridized carbons (Fsp3) is 0. The van der Waals surface area contributed by atoms with Gasteiger partial charge in [-0.25, -0.2) is 0 Å². The minimum atomic E-state index is -0.0150. The van der Waals surface area contributed by atoms with E-state index in [0.717, 1.165) is 0 Å². The Morgan fingerprint density at radius 1 is 0.929 bits per heavy atom. The Bertz CT molecular complexity index is 430. The lowest BCUT2D eigenvalue weighted by molar-refractivity contribution is 0.104. The van der Waals surface area contributed by atoms with Gasteiger partial charge in [0.1, 0.15) is 0 Å². The summed E-state index contributed by atoms with van der Waals surface area (Å²) in [6, 6.07) is 6.88. The molecule has 5 heteroatoms. The van der Waals surface area contributed by atoms with Gasteiger partial charge in [0.15, 0.2) is 0 Å². The predicted octanol–water partition coefficient (Wildman–Crippen LogP) is 4.35. The zero-order valence-corrected chi connectivity index (χ0v) is 9.93. The topological polar surface area (TPSA) is 17.1 Å². The lowest BCUT2D eigenvalue weighted by Gasteiger charge is -1.90. The Morgan fingerprint density at radius 2 is 1.36 bits per heavy atom. The fourth-order valence-corrected chi connectivity index (χ4v) is 3.05. The summed E-state index contributed by atoms with van der Waals surface area (Å²) in [6.07, 6.45) is 0. The lowest BCUT2D eigenvalue weighted by atomic mass is 10.3. The highest BCUT2D eigenvalue weighted by atomic mass is 35.5. The van der Waals surface area contributed by atoms with Gasteiger partial charge in [0.05, 0.1) is 18.4 Å². The molecule has 0 N–H and O–H groups in total. The Kier molecular flexibility index (Phi) is 2.93. The van der Waals surface area contributed by atoms with Gasteiger partial charge in [-0.15, -0.1) is 22.7 Å². The van der Waals surface area contributed by atoms with E-state index in [0.29, 0.717) is 18.4 Å². The normalized spacial score (nSPS) is 10.4. The van der Waals surface area contributed by atoms with Crippen LogP contribution in [0.1, 0.15) is 14.5 Å². The molecule has 0 fully saturated rings. The molecule has 2 heterocycles. The van der Waals surface area contributed by atoms with E-state index in [-0.39, 0.29) is 5.78 Å². The van der Waals surface area contributed by atoms with Crippen LogP contribution in [0.4, 0.5) is 0 Å². The largest absolute Gasteiger partial charge is 0.287 e. The predicted molar refractivity (Wildman–Crippen MR) is 62.1 cm³/mol. The number of thiophene rings is 2.